The zero-order valence-electron chi connectivity index (χ0n) is 15.3. The Bertz CT molecular complexity index is 457. The van der Waals surface area contributed by atoms with Gasteiger partial charge in [-0.25, -0.2) is 4.79 Å². The molecule has 0 radical (unpaired) electrons. The van der Waals surface area contributed by atoms with E-state index in [0.29, 0.717) is 11.8 Å². The van der Waals surface area contributed by atoms with Gasteiger partial charge in [-0.15, -0.1) is 0 Å². The van der Waals surface area contributed by atoms with Gasteiger partial charge in [-0.1, -0.05) is 0 Å². The molecule has 0 saturated carbocycles. The Labute approximate surface area is 117 Å². The van der Waals surface area contributed by atoms with Gasteiger partial charge in [0, 0.05) is 34.4 Å². The van der Waals surface area contributed by atoms with Gasteiger partial charge in [0.25, 0.3) is 0 Å². The maximum Gasteiger partial charge on any atom is 0.425 e. The molecular weight excluding hydrogens is 261 g/mol. The van der Waals surface area contributed by atoms with Gasteiger partial charge in [0.1, 0.15) is 0 Å². The predicted molar refractivity (Wildman–Crippen MR) is 64.9 cm³/mol. The van der Waals surface area contributed by atoms with Crippen LogP contribution in [0.2, 0.25) is 0 Å². The topological polar surface area (TPSA) is 32.8 Å². The molecule has 0 bridgehead atoms. The standard InChI is InChI=1S/C12H21F3N2O2/c1-9(12(13,14)15)19-10(18)16-5-7-17(8-6-16)11(2,3)4/h9H,5-8H2,1-4H3/i5D2,7D,8D. The summed E-state index contributed by atoms with van der Waals surface area (Å²) in [6.07, 6.45) is -8.70. The summed E-state index contributed by atoms with van der Waals surface area (Å²) >= 11 is 0. The summed E-state index contributed by atoms with van der Waals surface area (Å²) < 4.78 is 73.5. The van der Waals surface area contributed by atoms with Crippen LogP contribution in [0.25, 0.3) is 0 Å². The third kappa shape index (κ3) is 4.56. The Hall–Kier alpha value is -0.980. The quantitative estimate of drug-likeness (QED) is 0.742. The van der Waals surface area contributed by atoms with E-state index in [2.05, 4.69) is 4.74 Å². The Balaban J connectivity index is 3.00. The normalized spacial score (nSPS) is 33.7. The fourth-order valence-corrected chi connectivity index (χ4v) is 1.28. The molecule has 1 amide bonds. The summed E-state index contributed by atoms with van der Waals surface area (Å²) in [7, 11) is 0. The van der Waals surface area contributed by atoms with Crippen LogP contribution in [0.4, 0.5) is 18.0 Å². The molecule has 3 atom stereocenters. The summed E-state index contributed by atoms with van der Waals surface area (Å²) in [4.78, 5) is 13.5. The maximum absolute atomic E-state index is 12.5. The molecule has 0 aromatic rings. The summed E-state index contributed by atoms with van der Waals surface area (Å²) in [5, 5.41) is 0. The van der Waals surface area contributed by atoms with Crippen LogP contribution in [0.1, 0.15) is 33.2 Å². The fraction of sp³-hybridized carbons (Fsp3) is 0.917. The van der Waals surface area contributed by atoms with E-state index in [0.717, 1.165) is 0 Å². The zero-order chi connectivity index (χ0) is 18.4. The van der Waals surface area contributed by atoms with Gasteiger partial charge < -0.3 is 9.64 Å². The monoisotopic (exact) mass is 286 g/mol. The Morgan fingerprint density at radius 1 is 1.32 bits per heavy atom. The first-order valence-corrected chi connectivity index (χ1v) is 5.78. The van der Waals surface area contributed by atoms with Crippen LogP contribution in [-0.2, 0) is 4.74 Å². The first-order chi connectivity index (χ1) is 10.1. The van der Waals surface area contributed by atoms with E-state index in [9.17, 15) is 18.0 Å². The number of ether oxygens (including phenoxy) is 1. The molecule has 0 spiro atoms. The van der Waals surface area contributed by atoms with Crippen molar-refractivity contribution < 1.29 is 28.2 Å². The van der Waals surface area contributed by atoms with E-state index in [1.54, 1.807) is 20.8 Å². The molecule has 112 valence electrons. The van der Waals surface area contributed by atoms with Crippen LogP contribution in [0.5, 0.6) is 0 Å². The number of carbonyl (C=O) groups excluding carboxylic acids is 1. The van der Waals surface area contributed by atoms with Crippen molar-refractivity contribution in [2.24, 2.45) is 0 Å². The smallest absolute Gasteiger partial charge is 0.425 e. The maximum atomic E-state index is 12.5. The molecule has 1 rings (SSSR count). The minimum absolute atomic E-state index is 0.382. The van der Waals surface area contributed by atoms with E-state index >= 15 is 0 Å². The first kappa shape index (κ1) is 10.8. The number of hydrogen-bond acceptors (Lipinski definition) is 3. The van der Waals surface area contributed by atoms with Crippen molar-refractivity contribution in [3.05, 3.63) is 0 Å². The van der Waals surface area contributed by atoms with Gasteiger partial charge in [-0.3, -0.25) is 4.90 Å². The van der Waals surface area contributed by atoms with Crippen molar-refractivity contribution in [1.82, 2.24) is 9.80 Å². The van der Waals surface area contributed by atoms with Crippen LogP contribution >= 0.6 is 0 Å². The average molecular weight is 286 g/mol. The van der Waals surface area contributed by atoms with E-state index in [1.807, 2.05) is 0 Å². The molecule has 1 aliphatic rings. The minimum Gasteiger partial charge on any atom is -0.437 e. The molecule has 1 fully saturated rings. The molecule has 4 nitrogen and oxygen atoms in total. The van der Waals surface area contributed by atoms with Crippen molar-refractivity contribution in [3.8, 4) is 0 Å². The van der Waals surface area contributed by atoms with Gasteiger partial charge in [0.05, 0.1) is 2.74 Å². The lowest BCUT2D eigenvalue weighted by Crippen LogP contribution is -2.55. The number of hydrogen-bond donors (Lipinski definition) is 0. The molecule has 1 heterocycles. The number of piperazine rings is 1. The lowest BCUT2D eigenvalue weighted by atomic mass is 10.1. The summed E-state index contributed by atoms with van der Waals surface area (Å²) in [5.74, 6) is 0. The summed E-state index contributed by atoms with van der Waals surface area (Å²) in [5.41, 5.74) is -0.721. The molecule has 1 saturated heterocycles. The van der Waals surface area contributed by atoms with Gasteiger partial charge in [0.15, 0.2) is 6.10 Å². The molecule has 7 heteroatoms. The number of halogens is 3. The molecule has 0 N–H and O–H groups in total. The Morgan fingerprint density at radius 3 is 2.37 bits per heavy atom. The number of carbonyl (C=O) groups is 1. The average Bonchev–Trinajstić information content (AvgIpc) is 2.31. The van der Waals surface area contributed by atoms with Gasteiger partial charge in [-0.05, 0) is 27.7 Å². The molecule has 1 aliphatic heterocycles. The van der Waals surface area contributed by atoms with Crippen LogP contribution in [0.3, 0.4) is 0 Å². The van der Waals surface area contributed by atoms with E-state index in [4.69, 9.17) is 5.48 Å². The molecule has 19 heavy (non-hydrogen) atoms. The minimum atomic E-state index is -4.77. The summed E-state index contributed by atoms with van der Waals surface area (Å²) in [6, 6.07) is 0. The molecule has 0 aromatic carbocycles. The van der Waals surface area contributed by atoms with E-state index < -0.39 is 50.0 Å². The highest BCUT2D eigenvalue weighted by molar-refractivity contribution is 5.68. The molecule has 3 unspecified atom stereocenters. The second-order valence-corrected chi connectivity index (χ2v) is 5.20. The van der Waals surface area contributed by atoms with Crippen molar-refractivity contribution >= 4 is 6.09 Å². The highest BCUT2D eigenvalue weighted by Crippen LogP contribution is 2.23. The third-order valence-electron chi connectivity index (χ3n) is 2.55. The van der Waals surface area contributed by atoms with Crippen LogP contribution in [0, 0.1) is 0 Å². The highest BCUT2D eigenvalue weighted by Gasteiger charge is 2.40. The number of rotatable bonds is 1. The van der Waals surface area contributed by atoms with Crippen LogP contribution in [0.15, 0.2) is 0 Å². The molecular formula is C12H21F3N2O2. The van der Waals surface area contributed by atoms with Gasteiger partial charge in [-0.2, -0.15) is 13.2 Å². The lowest BCUT2D eigenvalue weighted by molar-refractivity contribution is -0.200. The summed E-state index contributed by atoms with van der Waals surface area (Å²) in [6.45, 7) is -0.183. The predicted octanol–water partition coefficient (Wildman–Crippen LogP) is 2.49. The third-order valence-corrected chi connectivity index (χ3v) is 2.55. The number of nitrogens with zero attached hydrogens (tertiary/aromatic N) is 2. The highest BCUT2D eigenvalue weighted by atomic mass is 19.4. The van der Waals surface area contributed by atoms with E-state index in [1.165, 1.54) is 4.90 Å². The lowest BCUT2D eigenvalue weighted by Gasteiger charge is -2.42. The second kappa shape index (κ2) is 5.56. The number of alkyl halides is 3. The Morgan fingerprint density at radius 2 is 1.89 bits per heavy atom. The van der Waals surface area contributed by atoms with Crippen molar-refractivity contribution in [3.63, 3.8) is 0 Å². The number of amides is 1. The molecule has 0 aliphatic carbocycles. The van der Waals surface area contributed by atoms with Gasteiger partial charge >= 0.3 is 12.3 Å². The fourth-order valence-electron chi connectivity index (χ4n) is 1.28. The van der Waals surface area contributed by atoms with Crippen molar-refractivity contribution in [2.75, 3.05) is 26.1 Å². The van der Waals surface area contributed by atoms with E-state index in [-0.39, 0.29) is 0 Å². The SMILES string of the molecule is [2H]C1CN(C(=O)OC(C)C(F)(F)F)C([2H])([2H])C([2H])N1C(C)(C)C. The largest absolute Gasteiger partial charge is 0.437 e. The van der Waals surface area contributed by atoms with Crippen molar-refractivity contribution in [1.29, 1.82) is 0 Å². The van der Waals surface area contributed by atoms with Crippen molar-refractivity contribution in [2.45, 2.75) is 45.5 Å². The molecule has 0 aromatic heterocycles. The zero-order valence-corrected chi connectivity index (χ0v) is 11.3. The second-order valence-electron chi connectivity index (χ2n) is 5.20. The van der Waals surface area contributed by atoms with Gasteiger partial charge in [0.2, 0.25) is 0 Å². The first-order valence-electron chi connectivity index (χ1n) is 7.93. The van der Waals surface area contributed by atoms with Crippen LogP contribution < -0.4 is 0 Å². The Kier molecular flexibility index (Phi) is 3.15. The van der Waals surface area contributed by atoms with Crippen LogP contribution in [-0.4, -0.2) is 59.8 Å².